The predicted molar refractivity (Wildman–Crippen MR) is 99.6 cm³/mol. The van der Waals surface area contributed by atoms with Crippen molar-refractivity contribution in [2.45, 2.75) is 6.92 Å². The van der Waals surface area contributed by atoms with Crippen molar-refractivity contribution >= 4 is 28.3 Å². The first-order chi connectivity index (χ1) is 13.0. The van der Waals surface area contributed by atoms with E-state index in [9.17, 15) is 10.1 Å². The minimum Gasteiger partial charge on any atom is -0.438 e. The zero-order valence-electron chi connectivity index (χ0n) is 14.0. The Balaban J connectivity index is 1.72. The lowest BCUT2D eigenvalue weighted by Gasteiger charge is -2.07. The van der Waals surface area contributed by atoms with Crippen LogP contribution in [0.5, 0.6) is 11.6 Å². The Bertz CT molecular complexity index is 1160. The summed E-state index contributed by atoms with van der Waals surface area (Å²) < 4.78 is 7.48. The predicted octanol–water partition coefficient (Wildman–Crippen LogP) is 4.48. The molecule has 4 aromatic rings. The van der Waals surface area contributed by atoms with Crippen LogP contribution in [0, 0.1) is 17.0 Å². The van der Waals surface area contributed by atoms with E-state index in [-0.39, 0.29) is 5.69 Å². The van der Waals surface area contributed by atoms with E-state index in [0.29, 0.717) is 33.2 Å². The average Bonchev–Trinajstić information content (AvgIpc) is 3.07. The molecule has 0 bridgehead atoms. The molecular formula is C18H12ClN5O3. The third-order valence-electron chi connectivity index (χ3n) is 3.98. The maximum absolute atomic E-state index is 10.9. The van der Waals surface area contributed by atoms with Gasteiger partial charge in [0, 0.05) is 16.7 Å². The van der Waals surface area contributed by atoms with Crippen LogP contribution in [0.3, 0.4) is 0 Å². The third kappa shape index (κ3) is 3.18. The highest BCUT2D eigenvalue weighted by molar-refractivity contribution is 6.30. The number of benzene rings is 2. The number of nitrogens with zero attached hydrogens (tertiary/aromatic N) is 5. The number of hydrogen-bond acceptors (Lipinski definition) is 6. The van der Waals surface area contributed by atoms with Crippen LogP contribution < -0.4 is 4.74 Å². The van der Waals surface area contributed by atoms with Crippen molar-refractivity contribution < 1.29 is 9.66 Å². The van der Waals surface area contributed by atoms with Crippen molar-refractivity contribution in [3.63, 3.8) is 0 Å². The molecule has 0 amide bonds. The van der Waals surface area contributed by atoms with Crippen LogP contribution in [-0.4, -0.2) is 24.7 Å². The fourth-order valence-electron chi connectivity index (χ4n) is 2.68. The number of fused-ring (bicyclic) bond motifs is 1. The van der Waals surface area contributed by atoms with Crippen LogP contribution >= 0.6 is 11.6 Å². The maximum atomic E-state index is 10.9. The molecule has 0 aliphatic rings. The Morgan fingerprint density at radius 2 is 1.93 bits per heavy atom. The molecule has 8 nitrogen and oxygen atoms in total. The van der Waals surface area contributed by atoms with E-state index in [0.717, 1.165) is 5.69 Å². The van der Waals surface area contributed by atoms with Gasteiger partial charge in [0.05, 0.1) is 16.8 Å². The fraction of sp³-hybridized carbons (Fsp3) is 0.0556. The lowest BCUT2D eigenvalue weighted by atomic mass is 10.2. The molecule has 0 atom stereocenters. The summed E-state index contributed by atoms with van der Waals surface area (Å²) in [6.07, 6.45) is 2.99. The molecule has 2 aromatic heterocycles. The van der Waals surface area contributed by atoms with Gasteiger partial charge in [0.25, 0.3) is 5.69 Å². The van der Waals surface area contributed by atoms with Crippen LogP contribution in [-0.2, 0) is 0 Å². The Morgan fingerprint density at radius 3 is 2.63 bits per heavy atom. The third-order valence-corrected chi connectivity index (χ3v) is 4.23. The lowest BCUT2D eigenvalue weighted by Crippen LogP contribution is -1.98. The first-order valence-electron chi connectivity index (χ1n) is 7.90. The van der Waals surface area contributed by atoms with E-state index >= 15 is 0 Å². The molecule has 0 saturated carbocycles. The summed E-state index contributed by atoms with van der Waals surface area (Å²) in [5, 5.41) is 16.5. The van der Waals surface area contributed by atoms with Gasteiger partial charge < -0.3 is 4.74 Å². The standard InChI is InChI=1S/C18H12ClN5O3/c1-11-8-14(6-7-16(11)24(25)26)27-18-15-9-22-23(17(15)20-10-21-18)13-4-2-12(19)3-5-13/h2-10H,1H3. The first-order valence-corrected chi connectivity index (χ1v) is 8.28. The number of rotatable bonds is 4. The van der Waals surface area contributed by atoms with E-state index < -0.39 is 4.92 Å². The average molecular weight is 382 g/mol. The van der Waals surface area contributed by atoms with Crippen molar-refractivity contribution in [1.82, 2.24) is 19.7 Å². The largest absolute Gasteiger partial charge is 0.438 e. The van der Waals surface area contributed by atoms with Crippen LogP contribution in [0.2, 0.25) is 5.02 Å². The van der Waals surface area contributed by atoms with E-state index in [1.54, 1.807) is 36.0 Å². The van der Waals surface area contributed by atoms with Crippen LogP contribution in [0.15, 0.2) is 55.0 Å². The molecule has 0 unspecified atom stereocenters. The molecule has 0 fully saturated rings. The second-order valence-corrected chi connectivity index (χ2v) is 6.19. The molecule has 0 spiro atoms. The molecule has 0 aliphatic carbocycles. The Labute approximate surface area is 158 Å². The SMILES string of the molecule is Cc1cc(Oc2ncnc3c2cnn3-c2ccc(Cl)cc2)ccc1[N+](=O)[O-]. The van der Waals surface area contributed by atoms with Gasteiger partial charge in [-0.1, -0.05) is 11.6 Å². The number of aryl methyl sites for hydroxylation is 1. The number of hydrogen-bond donors (Lipinski definition) is 0. The maximum Gasteiger partial charge on any atom is 0.272 e. The summed E-state index contributed by atoms with van der Waals surface area (Å²) in [5.74, 6) is 0.755. The van der Waals surface area contributed by atoms with Gasteiger partial charge >= 0.3 is 0 Å². The summed E-state index contributed by atoms with van der Waals surface area (Å²) in [4.78, 5) is 19.0. The molecule has 0 radical (unpaired) electrons. The van der Waals surface area contributed by atoms with Crippen molar-refractivity contribution in [2.75, 3.05) is 0 Å². The molecule has 134 valence electrons. The van der Waals surface area contributed by atoms with Gasteiger partial charge in [-0.25, -0.2) is 14.6 Å². The number of halogens is 1. The van der Waals surface area contributed by atoms with Crippen LogP contribution in [0.1, 0.15) is 5.56 Å². The molecule has 27 heavy (non-hydrogen) atoms. The second kappa shape index (κ2) is 6.65. The molecule has 2 aromatic carbocycles. The smallest absolute Gasteiger partial charge is 0.272 e. The van der Waals surface area contributed by atoms with Crippen molar-refractivity contribution in [1.29, 1.82) is 0 Å². The van der Waals surface area contributed by atoms with Gasteiger partial charge in [-0.2, -0.15) is 5.10 Å². The highest BCUT2D eigenvalue weighted by atomic mass is 35.5. The van der Waals surface area contributed by atoms with Gasteiger partial charge in [-0.15, -0.1) is 0 Å². The first kappa shape index (κ1) is 16.9. The topological polar surface area (TPSA) is 96.0 Å². The van der Waals surface area contributed by atoms with Crippen molar-refractivity contribution in [3.8, 4) is 17.3 Å². The summed E-state index contributed by atoms with van der Waals surface area (Å²) >= 11 is 5.93. The molecule has 0 saturated heterocycles. The highest BCUT2D eigenvalue weighted by Crippen LogP contribution is 2.30. The molecule has 4 rings (SSSR count). The quantitative estimate of drug-likeness (QED) is 0.382. The van der Waals surface area contributed by atoms with Gasteiger partial charge in [0.15, 0.2) is 5.65 Å². The van der Waals surface area contributed by atoms with Gasteiger partial charge in [-0.3, -0.25) is 10.1 Å². The number of nitro groups is 1. The zero-order valence-corrected chi connectivity index (χ0v) is 14.8. The van der Waals surface area contributed by atoms with E-state index in [1.807, 2.05) is 12.1 Å². The van der Waals surface area contributed by atoms with E-state index in [4.69, 9.17) is 16.3 Å². The molecule has 2 heterocycles. The Morgan fingerprint density at radius 1 is 1.15 bits per heavy atom. The summed E-state index contributed by atoms with van der Waals surface area (Å²) in [7, 11) is 0. The number of ether oxygens (including phenoxy) is 1. The molecular weight excluding hydrogens is 370 g/mol. The highest BCUT2D eigenvalue weighted by Gasteiger charge is 2.15. The normalized spacial score (nSPS) is 10.9. The monoisotopic (exact) mass is 381 g/mol. The van der Waals surface area contributed by atoms with Crippen LogP contribution in [0.25, 0.3) is 16.7 Å². The fourth-order valence-corrected chi connectivity index (χ4v) is 2.81. The van der Waals surface area contributed by atoms with Gasteiger partial charge in [-0.05, 0) is 43.3 Å². The number of nitro benzene ring substituents is 1. The number of aromatic nitrogens is 4. The van der Waals surface area contributed by atoms with Gasteiger partial charge in [0.2, 0.25) is 5.88 Å². The molecule has 9 heteroatoms. The summed E-state index contributed by atoms with van der Waals surface area (Å²) in [6, 6.07) is 11.7. The lowest BCUT2D eigenvalue weighted by molar-refractivity contribution is -0.385. The van der Waals surface area contributed by atoms with Crippen molar-refractivity contribution in [2.24, 2.45) is 0 Å². The minimum atomic E-state index is -0.432. The molecule has 0 N–H and O–H groups in total. The minimum absolute atomic E-state index is 0.0331. The van der Waals surface area contributed by atoms with Gasteiger partial charge in [0.1, 0.15) is 17.5 Å². The van der Waals surface area contributed by atoms with E-state index in [1.165, 1.54) is 18.5 Å². The van der Waals surface area contributed by atoms with E-state index in [2.05, 4.69) is 15.1 Å². The zero-order chi connectivity index (χ0) is 19.0. The second-order valence-electron chi connectivity index (χ2n) is 5.76. The Hall–Kier alpha value is -3.52. The van der Waals surface area contributed by atoms with Crippen molar-refractivity contribution in [3.05, 3.63) is 75.7 Å². The molecule has 0 aliphatic heterocycles. The summed E-state index contributed by atoms with van der Waals surface area (Å²) in [6.45, 7) is 1.65. The summed E-state index contributed by atoms with van der Waals surface area (Å²) in [5.41, 5.74) is 1.90. The van der Waals surface area contributed by atoms with Crippen LogP contribution in [0.4, 0.5) is 5.69 Å². The Kier molecular flexibility index (Phi) is 4.17.